The number of carbonyl (C=O) groups excluding carboxylic acids is 1. The van der Waals surface area contributed by atoms with Gasteiger partial charge in [-0.3, -0.25) is 4.79 Å². The van der Waals surface area contributed by atoms with Crippen LogP contribution in [0.15, 0.2) is 18.2 Å². The van der Waals surface area contributed by atoms with Gasteiger partial charge in [0.2, 0.25) is 0 Å². The van der Waals surface area contributed by atoms with Gasteiger partial charge in [-0.2, -0.15) is 0 Å². The summed E-state index contributed by atoms with van der Waals surface area (Å²) in [5.41, 5.74) is 6.90. The van der Waals surface area contributed by atoms with Gasteiger partial charge >= 0.3 is 0 Å². The SMILES string of the molecule is NC(=O)c1ccc(Cl)cc1N1CCC(NCC2CC2)CC1. The largest absolute Gasteiger partial charge is 0.371 e. The number of nitrogens with two attached hydrogens (primary N) is 1. The molecule has 5 heteroatoms. The molecule has 0 spiro atoms. The fourth-order valence-corrected chi connectivity index (χ4v) is 3.12. The van der Waals surface area contributed by atoms with Crippen molar-refractivity contribution in [2.24, 2.45) is 11.7 Å². The third-order valence-electron chi connectivity index (χ3n) is 4.45. The van der Waals surface area contributed by atoms with Crippen LogP contribution in [0.2, 0.25) is 5.02 Å². The van der Waals surface area contributed by atoms with Crippen molar-refractivity contribution >= 4 is 23.2 Å². The molecule has 114 valence electrons. The fourth-order valence-electron chi connectivity index (χ4n) is 2.95. The standard InChI is InChI=1S/C16H22ClN3O/c17-12-3-4-14(16(18)21)15(9-12)20-7-5-13(6-8-20)19-10-11-1-2-11/h3-4,9,11,13,19H,1-2,5-8,10H2,(H2,18,21). The highest BCUT2D eigenvalue weighted by molar-refractivity contribution is 6.31. The molecule has 0 unspecified atom stereocenters. The van der Waals surface area contributed by atoms with Gasteiger partial charge in [-0.1, -0.05) is 11.6 Å². The van der Waals surface area contributed by atoms with Crippen LogP contribution in [0.4, 0.5) is 5.69 Å². The second-order valence-electron chi connectivity index (χ2n) is 6.14. The normalized spacial score (nSPS) is 19.8. The molecule has 0 aromatic heterocycles. The first-order chi connectivity index (χ1) is 10.1. The minimum Gasteiger partial charge on any atom is -0.371 e. The smallest absolute Gasteiger partial charge is 0.250 e. The summed E-state index contributed by atoms with van der Waals surface area (Å²) in [4.78, 5) is 13.8. The molecular weight excluding hydrogens is 286 g/mol. The Morgan fingerprint density at radius 3 is 2.62 bits per heavy atom. The minimum atomic E-state index is -0.393. The van der Waals surface area contributed by atoms with Gasteiger partial charge in [-0.15, -0.1) is 0 Å². The minimum absolute atomic E-state index is 0.393. The number of halogens is 1. The molecular formula is C16H22ClN3O. The summed E-state index contributed by atoms with van der Waals surface area (Å²) in [6.45, 7) is 3.03. The fraction of sp³-hybridized carbons (Fsp3) is 0.562. The highest BCUT2D eigenvalue weighted by atomic mass is 35.5. The molecule has 0 atom stereocenters. The molecule has 1 aliphatic heterocycles. The number of amides is 1. The molecule has 21 heavy (non-hydrogen) atoms. The number of rotatable bonds is 5. The van der Waals surface area contributed by atoms with E-state index in [-0.39, 0.29) is 0 Å². The first kappa shape index (κ1) is 14.7. The Bertz CT molecular complexity index is 522. The summed E-state index contributed by atoms with van der Waals surface area (Å²) in [5.74, 6) is 0.521. The number of nitrogens with one attached hydrogen (secondary N) is 1. The van der Waals surface area contributed by atoms with E-state index in [1.54, 1.807) is 12.1 Å². The second kappa shape index (κ2) is 6.24. The van der Waals surface area contributed by atoms with Crippen LogP contribution in [0, 0.1) is 5.92 Å². The van der Waals surface area contributed by atoms with Crippen molar-refractivity contribution in [3.63, 3.8) is 0 Å². The van der Waals surface area contributed by atoms with Gasteiger partial charge in [0.15, 0.2) is 0 Å². The third kappa shape index (κ3) is 3.69. The van der Waals surface area contributed by atoms with Crippen molar-refractivity contribution in [3.05, 3.63) is 28.8 Å². The lowest BCUT2D eigenvalue weighted by molar-refractivity contribution is 0.100. The Morgan fingerprint density at radius 2 is 2.00 bits per heavy atom. The highest BCUT2D eigenvalue weighted by Crippen LogP contribution is 2.29. The first-order valence-electron chi connectivity index (χ1n) is 7.71. The van der Waals surface area contributed by atoms with Crippen molar-refractivity contribution in [2.45, 2.75) is 31.7 Å². The van der Waals surface area contributed by atoms with E-state index in [1.807, 2.05) is 6.07 Å². The Morgan fingerprint density at radius 1 is 1.29 bits per heavy atom. The molecule has 1 amide bonds. The Kier molecular flexibility index (Phi) is 4.36. The predicted octanol–water partition coefficient (Wildman–Crippen LogP) is 2.41. The monoisotopic (exact) mass is 307 g/mol. The van der Waals surface area contributed by atoms with Crippen molar-refractivity contribution in [2.75, 3.05) is 24.5 Å². The Labute approximate surface area is 130 Å². The predicted molar refractivity (Wildman–Crippen MR) is 85.9 cm³/mol. The quantitative estimate of drug-likeness (QED) is 0.878. The number of hydrogen-bond acceptors (Lipinski definition) is 3. The lowest BCUT2D eigenvalue weighted by atomic mass is 10.0. The van der Waals surface area contributed by atoms with Gasteiger partial charge in [0, 0.05) is 24.2 Å². The number of piperidine rings is 1. The molecule has 2 fully saturated rings. The van der Waals surface area contributed by atoms with Crippen molar-refractivity contribution in [1.82, 2.24) is 5.32 Å². The van der Waals surface area contributed by atoms with Gasteiger partial charge in [0.1, 0.15) is 0 Å². The van der Waals surface area contributed by atoms with Crippen LogP contribution in [0.5, 0.6) is 0 Å². The van der Waals surface area contributed by atoms with Crippen molar-refractivity contribution in [1.29, 1.82) is 0 Å². The zero-order chi connectivity index (χ0) is 14.8. The summed E-state index contributed by atoms with van der Waals surface area (Å²) in [6.07, 6.45) is 4.96. The number of benzene rings is 1. The van der Waals surface area contributed by atoms with Gasteiger partial charge in [0.05, 0.1) is 11.3 Å². The maximum absolute atomic E-state index is 11.6. The molecule has 3 rings (SSSR count). The summed E-state index contributed by atoms with van der Waals surface area (Å²) < 4.78 is 0. The van der Waals surface area contributed by atoms with Gasteiger partial charge < -0.3 is 16.0 Å². The van der Waals surface area contributed by atoms with E-state index in [9.17, 15) is 4.79 Å². The van der Waals surface area contributed by atoms with Crippen LogP contribution < -0.4 is 16.0 Å². The summed E-state index contributed by atoms with van der Waals surface area (Å²) in [7, 11) is 0. The summed E-state index contributed by atoms with van der Waals surface area (Å²) >= 11 is 6.07. The van der Waals surface area contributed by atoms with Gasteiger partial charge in [-0.05, 0) is 56.3 Å². The van der Waals surface area contributed by atoms with E-state index in [0.717, 1.165) is 44.1 Å². The Balaban J connectivity index is 1.63. The van der Waals surface area contributed by atoms with Crippen LogP contribution in [0.25, 0.3) is 0 Å². The van der Waals surface area contributed by atoms with E-state index in [4.69, 9.17) is 17.3 Å². The molecule has 4 nitrogen and oxygen atoms in total. The molecule has 2 aliphatic rings. The lowest BCUT2D eigenvalue weighted by Gasteiger charge is -2.35. The van der Waals surface area contributed by atoms with E-state index in [0.29, 0.717) is 16.6 Å². The zero-order valence-electron chi connectivity index (χ0n) is 12.1. The molecule has 3 N–H and O–H groups in total. The average molecular weight is 308 g/mol. The number of hydrogen-bond donors (Lipinski definition) is 2. The lowest BCUT2D eigenvalue weighted by Crippen LogP contribution is -2.43. The first-order valence-corrected chi connectivity index (χ1v) is 8.09. The van der Waals surface area contributed by atoms with Crippen LogP contribution in [0.3, 0.4) is 0 Å². The molecule has 1 saturated heterocycles. The molecule has 1 aromatic carbocycles. The third-order valence-corrected chi connectivity index (χ3v) is 4.69. The number of primary amides is 1. The van der Waals surface area contributed by atoms with E-state index in [2.05, 4.69) is 10.2 Å². The topological polar surface area (TPSA) is 58.4 Å². The van der Waals surface area contributed by atoms with E-state index in [1.165, 1.54) is 12.8 Å². The van der Waals surface area contributed by atoms with Crippen LogP contribution >= 0.6 is 11.6 Å². The molecule has 0 radical (unpaired) electrons. The Hall–Kier alpha value is -1.26. The molecule has 1 saturated carbocycles. The molecule has 1 aliphatic carbocycles. The highest BCUT2D eigenvalue weighted by Gasteiger charge is 2.25. The second-order valence-corrected chi connectivity index (χ2v) is 6.58. The summed E-state index contributed by atoms with van der Waals surface area (Å²) in [6, 6.07) is 5.88. The number of carbonyl (C=O) groups is 1. The van der Waals surface area contributed by atoms with Crippen LogP contribution in [-0.2, 0) is 0 Å². The number of nitrogens with zero attached hydrogens (tertiary/aromatic N) is 1. The molecule has 0 bridgehead atoms. The van der Waals surface area contributed by atoms with Crippen molar-refractivity contribution in [3.8, 4) is 0 Å². The zero-order valence-corrected chi connectivity index (χ0v) is 12.9. The van der Waals surface area contributed by atoms with Gasteiger partial charge in [-0.25, -0.2) is 0 Å². The van der Waals surface area contributed by atoms with Crippen LogP contribution in [0.1, 0.15) is 36.0 Å². The van der Waals surface area contributed by atoms with Crippen LogP contribution in [-0.4, -0.2) is 31.6 Å². The van der Waals surface area contributed by atoms with Crippen molar-refractivity contribution < 1.29 is 4.79 Å². The van der Waals surface area contributed by atoms with E-state index < -0.39 is 5.91 Å². The maximum atomic E-state index is 11.6. The maximum Gasteiger partial charge on any atom is 0.250 e. The average Bonchev–Trinajstić information content (AvgIpc) is 3.29. The van der Waals surface area contributed by atoms with Gasteiger partial charge in [0.25, 0.3) is 5.91 Å². The molecule has 1 heterocycles. The molecule has 1 aromatic rings. The summed E-state index contributed by atoms with van der Waals surface area (Å²) in [5, 5.41) is 4.30. The van der Waals surface area contributed by atoms with E-state index >= 15 is 0 Å². The number of anilines is 1.